The molecule has 1 saturated carbocycles. The molecule has 1 aliphatic carbocycles. The molecule has 25 heavy (non-hydrogen) atoms. The van der Waals surface area contributed by atoms with Crippen molar-refractivity contribution >= 4 is 17.6 Å². The van der Waals surface area contributed by atoms with Crippen LogP contribution in [0.3, 0.4) is 0 Å². The number of nitrogens with one attached hydrogen (secondary N) is 2. The van der Waals surface area contributed by atoms with Gasteiger partial charge in [0.05, 0.1) is 5.56 Å². The predicted octanol–water partition coefficient (Wildman–Crippen LogP) is 2.28. The molecule has 1 aromatic rings. The third kappa shape index (κ3) is 4.71. The number of anilines is 1. The highest BCUT2D eigenvalue weighted by Crippen LogP contribution is 2.25. The standard InChI is InChI=1S/C19H30N4O2/c1-10(2)17(11(3)4)19(25)23-14-7-13(8-14)22-18(24)15-9-21-16(20)6-12(15)5/h6,9-11,13-14,17H,7-8H2,1-5H3,(H2,20,21)(H,22,24)(H,23,25). The first-order valence-electron chi connectivity index (χ1n) is 9.02. The summed E-state index contributed by atoms with van der Waals surface area (Å²) in [5.74, 6) is 1.05. The fourth-order valence-electron chi connectivity index (χ4n) is 3.60. The van der Waals surface area contributed by atoms with Crippen LogP contribution < -0.4 is 16.4 Å². The number of pyridine rings is 1. The van der Waals surface area contributed by atoms with Crippen molar-refractivity contribution < 1.29 is 9.59 Å². The van der Waals surface area contributed by atoms with Gasteiger partial charge in [-0.1, -0.05) is 27.7 Å². The molecule has 1 aromatic heterocycles. The molecule has 1 heterocycles. The molecule has 2 amide bonds. The highest BCUT2D eigenvalue weighted by Gasteiger charge is 2.34. The molecule has 2 rings (SSSR count). The number of aryl methyl sites for hydroxylation is 1. The number of nitrogens with two attached hydrogens (primary N) is 1. The van der Waals surface area contributed by atoms with Crippen LogP contribution in [0, 0.1) is 24.7 Å². The number of hydrogen-bond donors (Lipinski definition) is 3. The zero-order valence-electron chi connectivity index (χ0n) is 15.8. The van der Waals surface area contributed by atoms with Crippen molar-refractivity contribution in [1.29, 1.82) is 0 Å². The summed E-state index contributed by atoms with van der Waals surface area (Å²) >= 11 is 0. The van der Waals surface area contributed by atoms with Crippen LogP contribution in [0.15, 0.2) is 12.3 Å². The topological polar surface area (TPSA) is 97.1 Å². The highest BCUT2D eigenvalue weighted by atomic mass is 16.2. The van der Waals surface area contributed by atoms with Crippen LogP contribution in [0.5, 0.6) is 0 Å². The number of nitrogens with zero attached hydrogens (tertiary/aromatic N) is 1. The summed E-state index contributed by atoms with van der Waals surface area (Å²) in [6.07, 6.45) is 3.04. The first-order chi connectivity index (χ1) is 11.7. The quantitative estimate of drug-likeness (QED) is 0.736. The van der Waals surface area contributed by atoms with Gasteiger partial charge in [-0.05, 0) is 43.2 Å². The minimum absolute atomic E-state index is 0.0251. The lowest BCUT2D eigenvalue weighted by atomic mass is 9.82. The summed E-state index contributed by atoms with van der Waals surface area (Å²) in [4.78, 5) is 28.7. The zero-order valence-corrected chi connectivity index (χ0v) is 15.8. The van der Waals surface area contributed by atoms with E-state index in [0.717, 1.165) is 18.4 Å². The van der Waals surface area contributed by atoms with Crippen LogP contribution in [-0.4, -0.2) is 28.9 Å². The average molecular weight is 346 g/mol. The lowest BCUT2D eigenvalue weighted by Gasteiger charge is -2.38. The molecule has 1 aliphatic rings. The van der Waals surface area contributed by atoms with Gasteiger partial charge in [0, 0.05) is 24.2 Å². The molecule has 0 atom stereocenters. The van der Waals surface area contributed by atoms with Gasteiger partial charge in [0.15, 0.2) is 0 Å². The number of nitrogen functional groups attached to an aromatic ring is 1. The molecule has 0 bridgehead atoms. The third-order valence-electron chi connectivity index (χ3n) is 4.94. The fraction of sp³-hybridized carbons (Fsp3) is 0.632. The molecule has 0 aliphatic heterocycles. The monoisotopic (exact) mass is 346 g/mol. The first kappa shape index (κ1) is 19.2. The Balaban J connectivity index is 1.82. The Morgan fingerprint density at radius 2 is 1.68 bits per heavy atom. The predicted molar refractivity (Wildman–Crippen MR) is 99.0 cm³/mol. The van der Waals surface area contributed by atoms with Gasteiger partial charge >= 0.3 is 0 Å². The second-order valence-electron chi connectivity index (χ2n) is 7.79. The molecule has 6 heteroatoms. The lowest BCUT2D eigenvalue weighted by molar-refractivity contribution is -0.129. The van der Waals surface area contributed by atoms with Crippen LogP contribution in [-0.2, 0) is 4.79 Å². The van der Waals surface area contributed by atoms with E-state index in [1.54, 1.807) is 6.07 Å². The molecule has 1 fully saturated rings. The molecule has 0 spiro atoms. The van der Waals surface area contributed by atoms with Crippen molar-refractivity contribution in [2.24, 2.45) is 17.8 Å². The van der Waals surface area contributed by atoms with Crippen LogP contribution in [0.1, 0.15) is 56.5 Å². The number of carbonyl (C=O) groups excluding carboxylic acids is 2. The van der Waals surface area contributed by atoms with Gasteiger partial charge in [0.2, 0.25) is 5.91 Å². The third-order valence-corrected chi connectivity index (χ3v) is 4.94. The molecule has 0 radical (unpaired) electrons. The summed E-state index contributed by atoms with van der Waals surface area (Å²) in [5.41, 5.74) is 6.97. The van der Waals surface area contributed by atoms with E-state index >= 15 is 0 Å². The van der Waals surface area contributed by atoms with Gasteiger partial charge in [0.1, 0.15) is 5.82 Å². The molecule has 0 saturated heterocycles. The number of rotatable bonds is 6. The largest absolute Gasteiger partial charge is 0.384 e. The van der Waals surface area contributed by atoms with E-state index in [1.165, 1.54) is 6.20 Å². The minimum Gasteiger partial charge on any atom is -0.384 e. The maximum Gasteiger partial charge on any atom is 0.253 e. The van der Waals surface area contributed by atoms with Crippen molar-refractivity contribution in [2.45, 2.75) is 59.5 Å². The van der Waals surface area contributed by atoms with Crippen molar-refractivity contribution in [3.63, 3.8) is 0 Å². The van der Waals surface area contributed by atoms with E-state index in [0.29, 0.717) is 23.2 Å². The minimum atomic E-state index is -0.137. The Morgan fingerprint density at radius 1 is 1.12 bits per heavy atom. The van der Waals surface area contributed by atoms with E-state index < -0.39 is 0 Å². The van der Waals surface area contributed by atoms with E-state index in [9.17, 15) is 9.59 Å². The van der Waals surface area contributed by atoms with Crippen molar-refractivity contribution in [3.8, 4) is 0 Å². The van der Waals surface area contributed by atoms with E-state index in [-0.39, 0.29) is 29.8 Å². The fourth-order valence-corrected chi connectivity index (χ4v) is 3.60. The second kappa shape index (κ2) is 7.85. The SMILES string of the molecule is Cc1cc(N)ncc1C(=O)NC1CC(NC(=O)C(C(C)C)C(C)C)C1. The Hall–Kier alpha value is -2.11. The number of aromatic nitrogens is 1. The van der Waals surface area contributed by atoms with Crippen LogP contribution in [0.4, 0.5) is 5.82 Å². The van der Waals surface area contributed by atoms with Gasteiger partial charge in [-0.2, -0.15) is 0 Å². The Labute approximate surface area is 150 Å². The van der Waals surface area contributed by atoms with Gasteiger partial charge in [-0.3, -0.25) is 9.59 Å². The van der Waals surface area contributed by atoms with Gasteiger partial charge in [0.25, 0.3) is 5.91 Å². The van der Waals surface area contributed by atoms with E-state index in [1.807, 2.05) is 6.92 Å². The summed E-state index contributed by atoms with van der Waals surface area (Å²) in [5, 5.41) is 6.12. The molecule has 4 N–H and O–H groups in total. The Kier molecular flexibility index (Phi) is 6.03. The van der Waals surface area contributed by atoms with Gasteiger partial charge < -0.3 is 16.4 Å². The maximum atomic E-state index is 12.4. The maximum absolute atomic E-state index is 12.4. The normalized spacial score (nSPS) is 19.8. The summed E-state index contributed by atoms with van der Waals surface area (Å²) in [6.45, 7) is 10.2. The lowest BCUT2D eigenvalue weighted by Crippen LogP contribution is -2.55. The van der Waals surface area contributed by atoms with Crippen molar-refractivity contribution in [3.05, 3.63) is 23.4 Å². The number of amides is 2. The van der Waals surface area contributed by atoms with Gasteiger partial charge in [-0.25, -0.2) is 4.98 Å². The highest BCUT2D eigenvalue weighted by molar-refractivity contribution is 5.95. The van der Waals surface area contributed by atoms with E-state index in [4.69, 9.17) is 5.73 Å². The van der Waals surface area contributed by atoms with E-state index in [2.05, 4.69) is 43.3 Å². The molecule has 0 aromatic carbocycles. The Morgan fingerprint density at radius 3 is 2.20 bits per heavy atom. The number of hydrogen-bond acceptors (Lipinski definition) is 4. The molecular formula is C19H30N4O2. The first-order valence-corrected chi connectivity index (χ1v) is 9.02. The summed E-state index contributed by atoms with van der Waals surface area (Å²) < 4.78 is 0. The van der Waals surface area contributed by atoms with Crippen LogP contribution in [0.25, 0.3) is 0 Å². The molecule has 138 valence electrons. The van der Waals surface area contributed by atoms with Crippen molar-refractivity contribution in [2.75, 3.05) is 5.73 Å². The second-order valence-corrected chi connectivity index (χ2v) is 7.79. The Bertz CT molecular complexity index is 628. The summed E-state index contributed by atoms with van der Waals surface area (Å²) in [7, 11) is 0. The smallest absolute Gasteiger partial charge is 0.253 e. The summed E-state index contributed by atoms with van der Waals surface area (Å²) in [6, 6.07) is 1.92. The van der Waals surface area contributed by atoms with Crippen molar-refractivity contribution in [1.82, 2.24) is 15.6 Å². The molecule has 0 unspecified atom stereocenters. The number of carbonyl (C=O) groups is 2. The molecule has 6 nitrogen and oxygen atoms in total. The van der Waals surface area contributed by atoms with Crippen LogP contribution >= 0.6 is 0 Å². The average Bonchev–Trinajstić information content (AvgIpc) is 2.43. The molecular weight excluding hydrogens is 316 g/mol. The zero-order chi connectivity index (χ0) is 18.7. The van der Waals surface area contributed by atoms with Crippen LogP contribution in [0.2, 0.25) is 0 Å². The van der Waals surface area contributed by atoms with Gasteiger partial charge in [-0.15, -0.1) is 0 Å².